The van der Waals surface area contributed by atoms with Gasteiger partial charge in [-0.25, -0.2) is 0 Å². The van der Waals surface area contributed by atoms with Crippen molar-refractivity contribution in [1.29, 1.82) is 5.26 Å². The molecule has 2 rings (SSSR count). The van der Waals surface area contributed by atoms with E-state index in [9.17, 15) is 4.79 Å². The van der Waals surface area contributed by atoms with E-state index in [1.807, 2.05) is 24.3 Å². The van der Waals surface area contributed by atoms with Crippen molar-refractivity contribution in [3.05, 3.63) is 59.1 Å². The highest BCUT2D eigenvalue weighted by molar-refractivity contribution is 6.31. The van der Waals surface area contributed by atoms with Gasteiger partial charge in [0.25, 0.3) is 0 Å². The Hall–Kier alpha value is -2.51. The lowest BCUT2D eigenvalue weighted by molar-refractivity contribution is -0.115. The molecule has 1 amide bonds. The Kier molecular flexibility index (Phi) is 5.19. The number of hydrogen-bond acceptors (Lipinski definition) is 3. The van der Waals surface area contributed by atoms with E-state index < -0.39 is 0 Å². The molecule has 2 aromatic carbocycles. The second-order valence-corrected chi connectivity index (χ2v) is 4.70. The number of anilines is 1. The molecule has 0 heterocycles. The highest BCUT2D eigenvalue weighted by Gasteiger charge is 2.07. The van der Waals surface area contributed by atoms with Crippen LogP contribution in [0, 0.1) is 11.3 Å². The first kappa shape index (κ1) is 14.9. The Morgan fingerprint density at radius 2 is 2.05 bits per heavy atom. The van der Waals surface area contributed by atoms with E-state index in [4.69, 9.17) is 21.6 Å². The summed E-state index contributed by atoms with van der Waals surface area (Å²) in [6.07, 6.45) is 0.197. The van der Waals surface area contributed by atoms with Gasteiger partial charge in [0.05, 0.1) is 6.42 Å². The van der Waals surface area contributed by atoms with Gasteiger partial charge in [-0.1, -0.05) is 35.9 Å². The van der Waals surface area contributed by atoms with E-state index in [2.05, 4.69) is 5.32 Å². The van der Waals surface area contributed by atoms with Crippen LogP contribution in [0.1, 0.15) is 5.56 Å². The topological polar surface area (TPSA) is 62.1 Å². The molecule has 0 aliphatic carbocycles. The predicted molar refractivity (Wildman–Crippen MR) is 81.3 cm³/mol. The monoisotopic (exact) mass is 300 g/mol. The average Bonchev–Trinajstić information content (AvgIpc) is 2.48. The molecule has 106 valence electrons. The minimum atomic E-state index is -0.166. The lowest BCUT2D eigenvalue weighted by Gasteiger charge is -2.08. The first-order valence-electron chi connectivity index (χ1n) is 6.32. The van der Waals surface area contributed by atoms with Crippen LogP contribution in [0.25, 0.3) is 0 Å². The number of rotatable bonds is 5. The first-order valence-corrected chi connectivity index (χ1v) is 6.70. The zero-order valence-corrected chi connectivity index (χ0v) is 11.9. The summed E-state index contributed by atoms with van der Waals surface area (Å²) in [5.74, 6) is 0.368. The number of halogens is 1. The Labute approximate surface area is 127 Å². The molecule has 0 radical (unpaired) electrons. The smallest absolute Gasteiger partial charge is 0.228 e. The Balaban J connectivity index is 2.00. The van der Waals surface area contributed by atoms with Crippen molar-refractivity contribution in [3.63, 3.8) is 0 Å². The van der Waals surface area contributed by atoms with Gasteiger partial charge in [-0.05, 0) is 23.8 Å². The molecule has 0 fully saturated rings. The first-order chi connectivity index (χ1) is 10.2. The van der Waals surface area contributed by atoms with Crippen molar-refractivity contribution < 1.29 is 9.53 Å². The molecular weight excluding hydrogens is 288 g/mol. The summed E-state index contributed by atoms with van der Waals surface area (Å²) in [4.78, 5) is 12.0. The van der Waals surface area contributed by atoms with Crippen molar-refractivity contribution in [1.82, 2.24) is 0 Å². The maximum absolute atomic E-state index is 12.0. The largest absolute Gasteiger partial charge is 0.479 e. The number of hydrogen-bond donors (Lipinski definition) is 1. The second kappa shape index (κ2) is 7.32. The molecule has 2 aromatic rings. The van der Waals surface area contributed by atoms with Gasteiger partial charge in [-0.3, -0.25) is 4.79 Å². The predicted octanol–water partition coefficient (Wildman–Crippen LogP) is 3.42. The van der Waals surface area contributed by atoms with Gasteiger partial charge < -0.3 is 10.1 Å². The summed E-state index contributed by atoms with van der Waals surface area (Å²) >= 11 is 6.02. The molecule has 4 nitrogen and oxygen atoms in total. The van der Waals surface area contributed by atoms with Gasteiger partial charge in [0.1, 0.15) is 11.8 Å². The summed E-state index contributed by atoms with van der Waals surface area (Å²) in [5, 5.41) is 11.8. The van der Waals surface area contributed by atoms with Crippen LogP contribution in [0.15, 0.2) is 48.5 Å². The molecule has 0 aliphatic rings. The van der Waals surface area contributed by atoms with E-state index in [1.165, 1.54) is 0 Å². The highest BCUT2D eigenvalue weighted by atomic mass is 35.5. The molecule has 0 spiro atoms. The van der Waals surface area contributed by atoms with Crippen LogP contribution in [0.3, 0.4) is 0 Å². The zero-order valence-electron chi connectivity index (χ0n) is 11.2. The molecular formula is C16H13ClN2O2. The molecule has 0 saturated carbocycles. The number of nitrogens with zero attached hydrogens (tertiary/aromatic N) is 1. The number of amides is 1. The van der Waals surface area contributed by atoms with E-state index in [1.54, 1.807) is 30.3 Å². The molecule has 1 N–H and O–H groups in total. The lowest BCUT2D eigenvalue weighted by Crippen LogP contribution is -2.14. The van der Waals surface area contributed by atoms with Crippen LogP contribution < -0.4 is 10.1 Å². The van der Waals surface area contributed by atoms with E-state index in [0.29, 0.717) is 16.5 Å². The summed E-state index contributed by atoms with van der Waals surface area (Å²) < 4.78 is 5.18. The van der Waals surface area contributed by atoms with Crippen LogP contribution in [-0.2, 0) is 11.2 Å². The minimum Gasteiger partial charge on any atom is -0.479 e. The van der Waals surface area contributed by atoms with Gasteiger partial charge >= 0.3 is 0 Å². The third-order valence-electron chi connectivity index (χ3n) is 2.73. The zero-order chi connectivity index (χ0) is 15.1. The maximum Gasteiger partial charge on any atom is 0.228 e. The number of carbonyl (C=O) groups excluding carboxylic acids is 1. The molecule has 0 saturated heterocycles. The third-order valence-corrected chi connectivity index (χ3v) is 3.10. The fraction of sp³-hybridized carbons (Fsp3) is 0.125. The SMILES string of the molecule is N#CCOc1cccc(NC(=O)Cc2ccccc2Cl)c1. The summed E-state index contributed by atoms with van der Waals surface area (Å²) in [6, 6.07) is 16.0. The van der Waals surface area contributed by atoms with Crippen molar-refractivity contribution >= 4 is 23.2 Å². The lowest BCUT2D eigenvalue weighted by atomic mass is 10.1. The average molecular weight is 301 g/mol. The van der Waals surface area contributed by atoms with Gasteiger partial charge in [-0.2, -0.15) is 5.26 Å². The fourth-order valence-corrected chi connectivity index (χ4v) is 2.00. The van der Waals surface area contributed by atoms with Crippen LogP contribution in [-0.4, -0.2) is 12.5 Å². The van der Waals surface area contributed by atoms with E-state index >= 15 is 0 Å². The van der Waals surface area contributed by atoms with Crippen LogP contribution in [0.2, 0.25) is 5.02 Å². The van der Waals surface area contributed by atoms with Crippen molar-refractivity contribution in [2.45, 2.75) is 6.42 Å². The molecule has 0 bridgehead atoms. The van der Waals surface area contributed by atoms with Gasteiger partial charge in [0.2, 0.25) is 5.91 Å². The summed E-state index contributed by atoms with van der Waals surface area (Å²) in [6.45, 7) is -0.0307. The summed E-state index contributed by atoms with van der Waals surface area (Å²) in [7, 11) is 0. The van der Waals surface area contributed by atoms with Gasteiger partial charge in [-0.15, -0.1) is 0 Å². The van der Waals surface area contributed by atoms with E-state index in [-0.39, 0.29) is 18.9 Å². The Morgan fingerprint density at radius 1 is 1.24 bits per heavy atom. The molecule has 21 heavy (non-hydrogen) atoms. The van der Waals surface area contributed by atoms with Crippen LogP contribution in [0.4, 0.5) is 5.69 Å². The van der Waals surface area contributed by atoms with E-state index in [0.717, 1.165) is 5.56 Å². The molecule has 0 aliphatic heterocycles. The van der Waals surface area contributed by atoms with Crippen LogP contribution in [0.5, 0.6) is 5.75 Å². The van der Waals surface area contributed by atoms with Crippen LogP contribution >= 0.6 is 11.6 Å². The molecule has 0 aromatic heterocycles. The molecule has 5 heteroatoms. The van der Waals surface area contributed by atoms with Gasteiger partial charge in [0, 0.05) is 16.8 Å². The van der Waals surface area contributed by atoms with Crippen molar-refractivity contribution in [3.8, 4) is 11.8 Å². The quantitative estimate of drug-likeness (QED) is 0.920. The van der Waals surface area contributed by atoms with Gasteiger partial charge in [0.15, 0.2) is 6.61 Å². The Morgan fingerprint density at radius 3 is 2.81 bits per heavy atom. The normalized spacial score (nSPS) is 9.71. The van der Waals surface area contributed by atoms with Crippen molar-refractivity contribution in [2.24, 2.45) is 0 Å². The highest BCUT2D eigenvalue weighted by Crippen LogP contribution is 2.19. The summed E-state index contributed by atoms with van der Waals surface area (Å²) in [5.41, 5.74) is 1.39. The minimum absolute atomic E-state index is 0.0307. The maximum atomic E-state index is 12.0. The fourth-order valence-electron chi connectivity index (χ4n) is 1.80. The standard InChI is InChI=1S/C16H13ClN2O2/c17-15-7-2-1-4-12(15)10-16(20)19-13-5-3-6-14(11-13)21-9-8-18/h1-7,11H,9-10H2,(H,19,20). The Bertz CT molecular complexity index is 680. The van der Waals surface area contributed by atoms with Crippen molar-refractivity contribution in [2.75, 3.05) is 11.9 Å². The number of ether oxygens (including phenoxy) is 1. The number of nitriles is 1. The third kappa shape index (κ3) is 4.51. The molecule has 0 atom stereocenters. The number of benzene rings is 2. The second-order valence-electron chi connectivity index (χ2n) is 4.29. The number of nitrogens with one attached hydrogen (secondary N) is 1. The number of carbonyl (C=O) groups is 1. The molecule has 0 unspecified atom stereocenters.